The maximum atomic E-state index is 12.3. The molecular formula is C22H23N3O2S. The molecule has 0 spiro atoms. The molecule has 0 aliphatic heterocycles. The van der Waals surface area contributed by atoms with Crippen LogP contribution in [0.3, 0.4) is 0 Å². The molecule has 3 aromatic rings. The summed E-state index contributed by atoms with van der Waals surface area (Å²) in [5.41, 5.74) is 2.49. The topological polar surface area (TPSA) is 71.1 Å². The molecule has 0 aliphatic rings. The van der Waals surface area contributed by atoms with Crippen LogP contribution in [0.1, 0.15) is 35.0 Å². The van der Waals surface area contributed by atoms with Gasteiger partial charge in [-0.15, -0.1) is 11.3 Å². The Morgan fingerprint density at radius 3 is 2.43 bits per heavy atom. The van der Waals surface area contributed by atoms with E-state index in [-0.39, 0.29) is 24.3 Å². The predicted molar refractivity (Wildman–Crippen MR) is 113 cm³/mol. The van der Waals surface area contributed by atoms with Gasteiger partial charge in [0.1, 0.15) is 0 Å². The van der Waals surface area contributed by atoms with Crippen molar-refractivity contribution in [2.75, 3.05) is 5.32 Å². The van der Waals surface area contributed by atoms with E-state index < -0.39 is 0 Å². The Morgan fingerprint density at radius 2 is 1.71 bits per heavy atom. The third kappa shape index (κ3) is 6.03. The summed E-state index contributed by atoms with van der Waals surface area (Å²) < 4.78 is 0. The van der Waals surface area contributed by atoms with Gasteiger partial charge in [-0.05, 0) is 37.5 Å². The number of rotatable bonds is 8. The van der Waals surface area contributed by atoms with E-state index in [1.165, 1.54) is 16.9 Å². The molecule has 144 valence electrons. The second-order valence-corrected chi connectivity index (χ2v) is 7.49. The third-order valence-electron chi connectivity index (χ3n) is 4.27. The zero-order chi connectivity index (χ0) is 19.8. The molecule has 28 heavy (non-hydrogen) atoms. The van der Waals surface area contributed by atoms with Crippen molar-refractivity contribution in [3.05, 3.63) is 82.9 Å². The van der Waals surface area contributed by atoms with E-state index in [0.717, 1.165) is 12.8 Å². The van der Waals surface area contributed by atoms with E-state index in [2.05, 4.69) is 27.8 Å². The van der Waals surface area contributed by atoms with Gasteiger partial charge in [0.2, 0.25) is 5.91 Å². The van der Waals surface area contributed by atoms with Crippen molar-refractivity contribution in [2.45, 2.75) is 32.2 Å². The number of carbonyl (C=O) groups is 2. The fraction of sp³-hybridized carbons (Fsp3) is 0.227. The number of amides is 2. The summed E-state index contributed by atoms with van der Waals surface area (Å²) in [5.74, 6) is -0.271. The smallest absolute Gasteiger partial charge is 0.257 e. The van der Waals surface area contributed by atoms with Gasteiger partial charge in [0.15, 0.2) is 5.13 Å². The van der Waals surface area contributed by atoms with Crippen molar-refractivity contribution in [1.29, 1.82) is 0 Å². The molecule has 3 rings (SSSR count). The molecule has 6 heteroatoms. The lowest BCUT2D eigenvalue weighted by atomic mass is 10.1. The molecule has 5 nitrogen and oxygen atoms in total. The molecule has 0 fully saturated rings. The number of thiazole rings is 1. The van der Waals surface area contributed by atoms with Crippen LogP contribution < -0.4 is 10.6 Å². The van der Waals surface area contributed by atoms with Crippen molar-refractivity contribution in [2.24, 2.45) is 0 Å². The van der Waals surface area contributed by atoms with Gasteiger partial charge in [-0.1, -0.05) is 48.5 Å². The lowest BCUT2D eigenvalue weighted by molar-refractivity contribution is -0.121. The minimum atomic E-state index is -0.208. The van der Waals surface area contributed by atoms with Crippen molar-refractivity contribution in [3.63, 3.8) is 0 Å². The highest BCUT2D eigenvalue weighted by Crippen LogP contribution is 2.17. The first-order valence-corrected chi connectivity index (χ1v) is 10.1. The van der Waals surface area contributed by atoms with Crippen molar-refractivity contribution < 1.29 is 9.59 Å². The third-order valence-corrected chi connectivity index (χ3v) is 5.07. The van der Waals surface area contributed by atoms with Crippen molar-refractivity contribution in [3.8, 4) is 0 Å². The number of aromatic nitrogens is 1. The van der Waals surface area contributed by atoms with Crippen LogP contribution in [0.15, 0.2) is 66.0 Å². The van der Waals surface area contributed by atoms with Gasteiger partial charge in [-0.2, -0.15) is 0 Å². The van der Waals surface area contributed by atoms with Crippen LogP contribution in [0, 0.1) is 0 Å². The first kappa shape index (κ1) is 19.8. The van der Waals surface area contributed by atoms with E-state index in [1.54, 1.807) is 17.5 Å². The van der Waals surface area contributed by atoms with E-state index in [4.69, 9.17) is 0 Å². The SMILES string of the molecule is C[C@@H](CCc1ccccc1)NC(=O)Cc1csc(NC(=O)c2ccccc2)n1. The van der Waals surface area contributed by atoms with Crippen LogP contribution in [-0.4, -0.2) is 22.8 Å². The Labute approximate surface area is 168 Å². The average Bonchev–Trinajstić information content (AvgIpc) is 3.14. The van der Waals surface area contributed by atoms with Gasteiger partial charge in [0.05, 0.1) is 12.1 Å². The van der Waals surface area contributed by atoms with Gasteiger partial charge in [-0.3, -0.25) is 14.9 Å². The minimum Gasteiger partial charge on any atom is -0.353 e. The highest BCUT2D eigenvalue weighted by molar-refractivity contribution is 7.14. The van der Waals surface area contributed by atoms with Crippen LogP contribution in [0.2, 0.25) is 0 Å². The summed E-state index contributed by atoms with van der Waals surface area (Å²) in [6.45, 7) is 2.01. The summed E-state index contributed by atoms with van der Waals surface area (Å²) in [6.07, 6.45) is 2.01. The summed E-state index contributed by atoms with van der Waals surface area (Å²) in [4.78, 5) is 28.8. The first-order valence-electron chi connectivity index (χ1n) is 9.24. The maximum absolute atomic E-state index is 12.3. The molecule has 1 atom stereocenters. The molecule has 0 aliphatic carbocycles. The molecule has 2 aromatic carbocycles. The van der Waals surface area contributed by atoms with E-state index >= 15 is 0 Å². The average molecular weight is 394 g/mol. The van der Waals surface area contributed by atoms with Gasteiger partial charge in [0.25, 0.3) is 5.91 Å². The van der Waals surface area contributed by atoms with Gasteiger partial charge < -0.3 is 5.32 Å². The fourth-order valence-corrected chi connectivity index (χ4v) is 3.50. The molecule has 1 heterocycles. The Hall–Kier alpha value is -2.99. The van der Waals surface area contributed by atoms with Crippen molar-refractivity contribution in [1.82, 2.24) is 10.3 Å². The van der Waals surface area contributed by atoms with E-state index in [0.29, 0.717) is 16.4 Å². The number of hydrogen-bond acceptors (Lipinski definition) is 4. The van der Waals surface area contributed by atoms with Gasteiger partial charge in [-0.25, -0.2) is 4.98 Å². The predicted octanol–water partition coefficient (Wildman–Crippen LogP) is 4.08. The zero-order valence-electron chi connectivity index (χ0n) is 15.7. The second kappa shape index (κ2) is 9.80. The number of nitrogens with zero attached hydrogens (tertiary/aromatic N) is 1. The van der Waals surface area contributed by atoms with Crippen LogP contribution in [0.4, 0.5) is 5.13 Å². The lowest BCUT2D eigenvalue weighted by Gasteiger charge is -2.13. The molecule has 2 N–H and O–H groups in total. The van der Waals surface area contributed by atoms with Gasteiger partial charge >= 0.3 is 0 Å². The molecule has 0 saturated carbocycles. The largest absolute Gasteiger partial charge is 0.353 e. The summed E-state index contributed by atoms with van der Waals surface area (Å²) in [6, 6.07) is 19.3. The van der Waals surface area contributed by atoms with Crippen LogP contribution in [0.5, 0.6) is 0 Å². The summed E-state index contributed by atoms with van der Waals surface area (Å²) >= 11 is 1.32. The van der Waals surface area contributed by atoms with Gasteiger partial charge in [0, 0.05) is 17.0 Å². The molecule has 0 radical (unpaired) electrons. The van der Waals surface area contributed by atoms with Crippen LogP contribution >= 0.6 is 11.3 Å². The quantitative estimate of drug-likeness (QED) is 0.606. The molecule has 0 saturated heterocycles. The zero-order valence-corrected chi connectivity index (χ0v) is 16.5. The van der Waals surface area contributed by atoms with Crippen molar-refractivity contribution >= 4 is 28.3 Å². The highest BCUT2D eigenvalue weighted by Gasteiger charge is 2.13. The molecule has 1 aromatic heterocycles. The monoisotopic (exact) mass is 393 g/mol. The number of aryl methyl sites for hydroxylation is 1. The van der Waals surface area contributed by atoms with E-state index in [9.17, 15) is 9.59 Å². The minimum absolute atomic E-state index is 0.0632. The molecular weight excluding hydrogens is 370 g/mol. The van der Waals surface area contributed by atoms with E-state index in [1.807, 2.05) is 43.3 Å². The Bertz CT molecular complexity index is 910. The first-order chi connectivity index (χ1) is 13.6. The standard InChI is InChI=1S/C22H23N3O2S/c1-16(12-13-17-8-4-2-5-9-17)23-20(26)14-19-15-28-22(24-19)25-21(27)18-10-6-3-7-11-18/h2-11,15-16H,12-14H2,1H3,(H,23,26)(H,24,25,27)/t16-/m0/s1. The number of benzene rings is 2. The Morgan fingerprint density at radius 1 is 1.04 bits per heavy atom. The summed E-state index contributed by atoms with van der Waals surface area (Å²) in [7, 11) is 0. The normalized spacial score (nSPS) is 11.6. The lowest BCUT2D eigenvalue weighted by Crippen LogP contribution is -2.34. The highest BCUT2D eigenvalue weighted by atomic mass is 32.1. The molecule has 0 unspecified atom stereocenters. The summed E-state index contributed by atoms with van der Waals surface area (Å²) in [5, 5.41) is 8.08. The Kier molecular flexibility index (Phi) is 6.92. The maximum Gasteiger partial charge on any atom is 0.257 e. The number of hydrogen-bond donors (Lipinski definition) is 2. The Balaban J connectivity index is 1.45. The van der Waals surface area contributed by atoms with Crippen LogP contribution in [-0.2, 0) is 17.6 Å². The molecule has 0 bridgehead atoms. The molecule has 2 amide bonds. The second-order valence-electron chi connectivity index (χ2n) is 6.63. The number of carbonyl (C=O) groups excluding carboxylic acids is 2. The van der Waals surface area contributed by atoms with Crippen LogP contribution in [0.25, 0.3) is 0 Å². The number of nitrogens with one attached hydrogen (secondary N) is 2. The number of anilines is 1. The fourth-order valence-electron chi connectivity index (χ4n) is 2.79.